The minimum Gasteiger partial charge on any atom is -0.312 e. The Kier molecular flexibility index (Phi) is 5.36. The number of fused-ring (bicyclic) bond motifs is 1. The Hall–Kier alpha value is -2.29. The van der Waals surface area contributed by atoms with Gasteiger partial charge < -0.3 is 4.57 Å². The van der Waals surface area contributed by atoms with E-state index in [9.17, 15) is 14.9 Å². The first-order valence-corrected chi connectivity index (χ1v) is 9.32. The van der Waals surface area contributed by atoms with E-state index in [1.807, 2.05) is 22.8 Å². The van der Waals surface area contributed by atoms with E-state index in [1.165, 1.54) is 23.5 Å². The number of hydrogen-bond donors (Lipinski definition) is 0. The van der Waals surface area contributed by atoms with Crippen LogP contribution in [-0.4, -0.2) is 15.4 Å². The molecular formula is C17H11BrClN3O3S. The smallest absolute Gasteiger partial charge is 0.281 e. The van der Waals surface area contributed by atoms with Crippen LogP contribution in [0.25, 0.3) is 10.2 Å². The van der Waals surface area contributed by atoms with Crippen molar-refractivity contribution in [1.82, 2.24) is 4.57 Å². The number of thiazole rings is 1. The Balaban J connectivity index is 2.17. The summed E-state index contributed by atoms with van der Waals surface area (Å²) in [5.41, 5.74) is 0.687. The molecule has 0 bridgehead atoms. The molecule has 1 amide bonds. The average Bonchev–Trinajstić information content (AvgIpc) is 2.91. The number of allylic oxidation sites excluding steroid dienone is 1. The first kappa shape index (κ1) is 18.5. The highest BCUT2D eigenvalue weighted by Crippen LogP contribution is 2.24. The molecule has 26 heavy (non-hydrogen) atoms. The third kappa shape index (κ3) is 3.62. The monoisotopic (exact) mass is 451 g/mol. The van der Waals surface area contributed by atoms with E-state index < -0.39 is 10.8 Å². The zero-order valence-corrected chi connectivity index (χ0v) is 16.3. The van der Waals surface area contributed by atoms with Crippen molar-refractivity contribution in [2.45, 2.75) is 6.54 Å². The van der Waals surface area contributed by atoms with Gasteiger partial charge in [0.1, 0.15) is 0 Å². The molecule has 9 heteroatoms. The van der Waals surface area contributed by atoms with E-state index in [-0.39, 0.29) is 16.3 Å². The lowest BCUT2D eigenvalue weighted by Gasteiger charge is -2.02. The molecule has 0 aliphatic rings. The van der Waals surface area contributed by atoms with Gasteiger partial charge in [0, 0.05) is 23.2 Å². The van der Waals surface area contributed by atoms with Gasteiger partial charge in [0.05, 0.1) is 25.7 Å². The SMILES string of the molecule is C=CCn1c(=NC(=O)c2cc([N+](=O)[O-])ccc2Cl)sc2cc(Br)ccc21. The van der Waals surface area contributed by atoms with Crippen LogP contribution < -0.4 is 4.80 Å². The van der Waals surface area contributed by atoms with Crippen molar-refractivity contribution in [3.63, 3.8) is 0 Å². The number of nitro groups is 1. The van der Waals surface area contributed by atoms with Crippen LogP contribution in [0.5, 0.6) is 0 Å². The topological polar surface area (TPSA) is 77.5 Å². The third-order valence-electron chi connectivity index (χ3n) is 3.54. The van der Waals surface area contributed by atoms with Crippen LogP contribution >= 0.6 is 38.9 Å². The lowest BCUT2D eigenvalue weighted by Crippen LogP contribution is -2.16. The fourth-order valence-electron chi connectivity index (χ4n) is 2.38. The summed E-state index contributed by atoms with van der Waals surface area (Å²) in [7, 11) is 0. The third-order valence-corrected chi connectivity index (χ3v) is 5.41. The van der Waals surface area contributed by atoms with Crippen LogP contribution in [0.1, 0.15) is 10.4 Å². The summed E-state index contributed by atoms with van der Waals surface area (Å²) in [6, 6.07) is 9.45. The van der Waals surface area contributed by atoms with Crippen LogP contribution in [0, 0.1) is 10.1 Å². The predicted molar refractivity (Wildman–Crippen MR) is 106 cm³/mol. The van der Waals surface area contributed by atoms with Gasteiger partial charge in [0.2, 0.25) is 0 Å². The number of aromatic nitrogens is 1. The lowest BCUT2D eigenvalue weighted by atomic mass is 10.2. The second-order valence-electron chi connectivity index (χ2n) is 5.23. The number of benzene rings is 2. The van der Waals surface area contributed by atoms with Gasteiger partial charge in [-0.15, -0.1) is 6.58 Å². The van der Waals surface area contributed by atoms with E-state index in [4.69, 9.17) is 11.6 Å². The molecule has 0 aliphatic carbocycles. The number of non-ortho nitro benzene ring substituents is 1. The molecule has 1 aromatic heterocycles. The number of halogens is 2. The van der Waals surface area contributed by atoms with Crippen molar-refractivity contribution in [2.75, 3.05) is 0 Å². The number of nitrogens with zero attached hydrogens (tertiary/aromatic N) is 3. The zero-order valence-electron chi connectivity index (χ0n) is 13.2. The van der Waals surface area contributed by atoms with Gasteiger partial charge in [-0.1, -0.05) is 44.9 Å². The van der Waals surface area contributed by atoms with Gasteiger partial charge in [-0.3, -0.25) is 14.9 Å². The fraction of sp³-hybridized carbons (Fsp3) is 0.0588. The first-order chi connectivity index (χ1) is 12.4. The van der Waals surface area contributed by atoms with Crippen LogP contribution in [-0.2, 0) is 6.54 Å². The van der Waals surface area contributed by atoms with Crippen LogP contribution in [0.15, 0.2) is 58.5 Å². The molecule has 0 spiro atoms. The van der Waals surface area contributed by atoms with Gasteiger partial charge in [-0.25, -0.2) is 0 Å². The summed E-state index contributed by atoms with van der Waals surface area (Å²) in [5, 5.41) is 11.1. The molecule has 2 aromatic carbocycles. The maximum Gasteiger partial charge on any atom is 0.281 e. The first-order valence-electron chi connectivity index (χ1n) is 7.33. The standard InChI is InChI=1S/C17H11BrClN3O3S/c1-2-7-21-14-6-3-10(18)8-15(14)26-17(21)20-16(23)12-9-11(22(24)25)4-5-13(12)19/h2-6,8-9H,1,7H2. The molecule has 3 rings (SSSR count). The minimum absolute atomic E-state index is 0.00958. The summed E-state index contributed by atoms with van der Waals surface area (Å²) in [4.78, 5) is 27.6. The van der Waals surface area contributed by atoms with Gasteiger partial charge in [0.25, 0.3) is 11.6 Å². The van der Waals surface area contributed by atoms with Gasteiger partial charge in [0.15, 0.2) is 4.80 Å². The van der Waals surface area contributed by atoms with Crippen molar-refractivity contribution >= 4 is 60.7 Å². The largest absolute Gasteiger partial charge is 0.312 e. The van der Waals surface area contributed by atoms with E-state index in [0.717, 1.165) is 20.8 Å². The number of carbonyl (C=O) groups is 1. The molecule has 0 unspecified atom stereocenters. The van der Waals surface area contributed by atoms with Crippen molar-refractivity contribution < 1.29 is 9.72 Å². The Bertz CT molecular complexity index is 1120. The maximum absolute atomic E-state index is 12.6. The second kappa shape index (κ2) is 7.53. The van der Waals surface area contributed by atoms with Crippen molar-refractivity contribution in [3.8, 4) is 0 Å². The molecule has 1 heterocycles. The number of hydrogen-bond acceptors (Lipinski definition) is 4. The normalized spacial score (nSPS) is 11.7. The van der Waals surface area contributed by atoms with Gasteiger partial charge >= 0.3 is 0 Å². The lowest BCUT2D eigenvalue weighted by molar-refractivity contribution is -0.384. The van der Waals surface area contributed by atoms with Crippen molar-refractivity contribution in [3.05, 3.63) is 79.0 Å². The Morgan fingerprint density at radius 2 is 2.15 bits per heavy atom. The molecule has 0 aliphatic heterocycles. The number of amides is 1. The highest BCUT2D eigenvalue weighted by molar-refractivity contribution is 9.10. The molecule has 0 atom stereocenters. The van der Waals surface area contributed by atoms with Crippen LogP contribution in [0.2, 0.25) is 5.02 Å². The van der Waals surface area contributed by atoms with Crippen molar-refractivity contribution in [2.24, 2.45) is 4.99 Å². The van der Waals surface area contributed by atoms with Gasteiger partial charge in [-0.05, 0) is 24.3 Å². The number of nitro benzene ring substituents is 1. The van der Waals surface area contributed by atoms with Crippen LogP contribution in [0.4, 0.5) is 5.69 Å². The highest BCUT2D eigenvalue weighted by Gasteiger charge is 2.16. The number of rotatable bonds is 4. The molecule has 0 N–H and O–H groups in total. The molecule has 6 nitrogen and oxygen atoms in total. The van der Waals surface area contributed by atoms with E-state index in [1.54, 1.807) is 6.08 Å². The molecule has 0 saturated carbocycles. The minimum atomic E-state index is -0.637. The van der Waals surface area contributed by atoms with E-state index >= 15 is 0 Å². The van der Waals surface area contributed by atoms with E-state index in [0.29, 0.717) is 11.3 Å². The predicted octanol–water partition coefficient (Wildman–Crippen LogP) is 4.95. The van der Waals surface area contributed by atoms with Crippen LogP contribution in [0.3, 0.4) is 0 Å². The molecule has 0 fully saturated rings. The van der Waals surface area contributed by atoms with E-state index in [2.05, 4.69) is 27.5 Å². The Morgan fingerprint density at radius 1 is 1.38 bits per heavy atom. The van der Waals surface area contributed by atoms with Crippen molar-refractivity contribution in [1.29, 1.82) is 0 Å². The fourth-order valence-corrected chi connectivity index (χ4v) is 4.16. The molecule has 132 valence electrons. The highest BCUT2D eigenvalue weighted by atomic mass is 79.9. The zero-order chi connectivity index (χ0) is 18.8. The number of carbonyl (C=O) groups excluding carboxylic acids is 1. The summed E-state index contributed by atoms with van der Waals surface area (Å²) in [5.74, 6) is -0.637. The second-order valence-corrected chi connectivity index (χ2v) is 7.57. The maximum atomic E-state index is 12.6. The summed E-state index contributed by atoms with van der Waals surface area (Å²) >= 11 is 10.8. The molecule has 0 saturated heterocycles. The van der Waals surface area contributed by atoms with Gasteiger partial charge in [-0.2, -0.15) is 4.99 Å². The molecular weight excluding hydrogens is 442 g/mol. The molecule has 0 radical (unpaired) electrons. The Morgan fingerprint density at radius 3 is 2.85 bits per heavy atom. The Labute approximate surface area is 165 Å². The summed E-state index contributed by atoms with van der Waals surface area (Å²) in [6.07, 6.45) is 1.71. The summed E-state index contributed by atoms with van der Waals surface area (Å²) in [6.45, 7) is 4.20. The molecule has 3 aromatic rings. The quantitative estimate of drug-likeness (QED) is 0.319. The summed E-state index contributed by atoms with van der Waals surface area (Å²) < 4.78 is 3.71. The average molecular weight is 453 g/mol.